The van der Waals surface area contributed by atoms with Crippen LogP contribution in [-0.2, 0) is 18.4 Å². The van der Waals surface area contributed by atoms with E-state index < -0.39 is 0 Å². The third-order valence-corrected chi connectivity index (χ3v) is 7.01. The van der Waals surface area contributed by atoms with E-state index in [1.54, 1.807) is 4.90 Å². The summed E-state index contributed by atoms with van der Waals surface area (Å²) in [6.07, 6.45) is 0. The van der Waals surface area contributed by atoms with E-state index in [2.05, 4.69) is 22.3 Å². The van der Waals surface area contributed by atoms with Gasteiger partial charge in [0.05, 0.1) is 5.25 Å². The van der Waals surface area contributed by atoms with E-state index in [0.29, 0.717) is 11.0 Å². The van der Waals surface area contributed by atoms with Gasteiger partial charge in [-0.3, -0.25) is 9.69 Å². The number of amides is 1. The number of hydrogen-bond donors (Lipinski definition) is 0. The number of carbonyl (C=O) groups is 1. The van der Waals surface area contributed by atoms with Gasteiger partial charge in [0.2, 0.25) is 5.91 Å². The average Bonchev–Trinajstić information content (AvgIpc) is 3.27. The minimum atomic E-state index is -0.387. The summed E-state index contributed by atoms with van der Waals surface area (Å²) >= 11 is 1.38. The van der Waals surface area contributed by atoms with E-state index in [9.17, 15) is 4.79 Å². The van der Waals surface area contributed by atoms with Crippen LogP contribution in [0.4, 0.5) is 11.4 Å². The number of carbonyl (C=O) groups excluding carboxylic acids is 1. The second-order valence-corrected chi connectivity index (χ2v) is 9.67. The first-order valence-electron chi connectivity index (χ1n) is 11.7. The molecule has 1 unspecified atom stereocenters. The molecule has 1 heterocycles. The largest absolute Gasteiger partial charge is 0.486 e. The van der Waals surface area contributed by atoms with E-state index in [1.807, 2.05) is 110 Å². The van der Waals surface area contributed by atoms with Crippen LogP contribution in [-0.4, -0.2) is 25.9 Å². The Morgan fingerprint density at radius 3 is 2.14 bits per heavy atom. The molecule has 4 aromatic carbocycles. The molecule has 0 aliphatic carbocycles. The Morgan fingerprint density at radius 1 is 0.861 bits per heavy atom. The summed E-state index contributed by atoms with van der Waals surface area (Å²) in [6.45, 7) is 2.18. The molecule has 0 bridgehead atoms. The minimum Gasteiger partial charge on any atom is -0.486 e. The first-order valence-corrected chi connectivity index (χ1v) is 12.6. The summed E-state index contributed by atoms with van der Waals surface area (Å²) in [5, 5.41) is 11.2. The van der Waals surface area contributed by atoms with Crippen molar-refractivity contribution in [1.29, 1.82) is 0 Å². The fraction of sp³-hybridized carbons (Fsp3) is 0.138. The second-order valence-electron chi connectivity index (χ2n) is 8.36. The van der Waals surface area contributed by atoms with Crippen molar-refractivity contribution in [3.8, 4) is 5.75 Å². The van der Waals surface area contributed by atoms with Crippen molar-refractivity contribution >= 4 is 39.8 Å². The molecular formula is C29H26N4O2S. The highest BCUT2D eigenvalue weighted by molar-refractivity contribution is 8.00. The standard InChI is InChI=1S/C29H26N4O2S/c1-21(28(34)33(24-13-5-3-6-14-24)25-15-7-4-8-16-25)36-29-31-30-27(32(29)2)20-35-26-18-17-22-11-9-10-12-23(22)19-26/h3-19,21H,20H2,1-2H3. The van der Waals surface area contributed by atoms with Crippen molar-refractivity contribution in [1.82, 2.24) is 14.8 Å². The van der Waals surface area contributed by atoms with Crippen LogP contribution in [0.3, 0.4) is 0 Å². The predicted octanol–water partition coefficient (Wildman–Crippen LogP) is 6.39. The number of benzene rings is 4. The van der Waals surface area contributed by atoms with Crippen molar-refractivity contribution in [2.45, 2.75) is 23.9 Å². The van der Waals surface area contributed by atoms with Gasteiger partial charge in [0, 0.05) is 18.4 Å². The summed E-state index contributed by atoms with van der Waals surface area (Å²) in [7, 11) is 1.89. The van der Waals surface area contributed by atoms with Crippen LogP contribution in [0.1, 0.15) is 12.7 Å². The average molecular weight is 495 g/mol. The van der Waals surface area contributed by atoms with Crippen LogP contribution in [0.5, 0.6) is 5.75 Å². The number of anilines is 2. The number of aromatic nitrogens is 3. The lowest BCUT2D eigenvalue weighted by atomic mass is 10.1. The van der Waals surface area contributed by atoms with Gasteiger partial charge in [-0.05, 0) is 54.1 Å². The molecule has 0 aliphatic rings. The fourth-order valence-corrected chi connectivity index (χ4v) is 4.80. The molecule has 0 radical (unpaired) electrons. The Bertz CT molecular complexity index is 1430. The topological polar surface area (TPSA) is 60.3 Å². The van der Waals surface area contributed by atoms with Crippen molar-refractivity contribution in [2.24, 2.45) is 7.05 Å². The first-order chi connectivity index (χ1) is 17.6. The number of fused-ring (bicyclic) bond motifs is 1. The normalized spacial score (nSPS) is 11.8. The number of hydrogen-bond acceptors (Lipinski definition) is 5. The Balaban J connectivity index is 1.29. The van der Waals surface area contributed by atoms with Crippen molar-refractivity contribution in [3.05, 3.63) is 109 Å². The third-order valence-electron chi connectivity index (χ3n) is 5.89. The number of thioether (sulfide) groups is 1. The minimum absolute atomic E-state index is 0.0330. The van der Waals surface area contributed by atoms with Gasteiger partial charge in [-0.1, -0.05) is 78.5 Å². The van der Waals surface area contributed by atoms with E-state index in [-0.39, 0.29) is 17.8 Å². The maximum Gasteiger partial charge on any atom is 0.244 e. The van der Waals surface area contributed by atoms with Gasteiger partial charge in [-0.2, -0.15) is 0 Å². The Hall–Kier alpha value is -4.10. The summed E-state index contributed by atoms with van der Waals surface area (Å²) < 4.78 is 7.87. The van der Waals surface area contributed by atoms with Gasteiger partial charge in [-0.25, -0.2) is 0 Å². The predicted molar refractivity (Wildman–Crippen MR) is 145 cm³/mol. The maximum absolute atomic E-state index is 13.6. The molecule has 1 aromatic heterocycles. The molecular weight excluding hydrogens is 468 g/mol. The van der Waals surface area contributed by atoms with Crippen LogP contribution in [0.25, 0.3) is 10.8 Å². The van der Waals surface area contributed by atoms with Crippen LogP contribution in [0.15, 0.2) is 108 Å². The molecule has 0 spiro atoms. The van der Waals surface area contributed by atoms with E-state index >= 15 is 0 Å². The summed E-state index contributed by atoms with van der Waals surface area (Å²) in [5.74, 6) is 1.43. The lowest BCUT2D eigenvalue weighted by molar-refractivity contribution is -0.117. The van der Waals surface area contributed by atoms with Gasteiger partial charge in [-0.15, -0.1) is 10.2 Å². The highest BCUT2D eigenvalue weighted by Gasteiger charge is 2.26. The van der Waals surface area contributed by atoms with Gasteiger partial charge in [0.15, 0.2) is 11.0 Å². The van der Waals surface area contributed by atoms with Gasteiger partial charge in [0.25, 0.3) is 0 Å². The molecule has 0 N–H and O–H groups in total. The quantitative estimate of drug-likeness (QED) is 0.234. The Morgan fingerprint density at radius 2 is 1.47 bits per heavy atom. The lowest BCUT2D eigenvalue weighted by Crippen LogP contribution is -2.33. The SMILES string of the molecule is CC(Sc1nnc(COc2ccc3ccccc3c2)n1C)C(=O)N(c1ccccc1)c1ccccc1. The fourth-order valence-electron chi connectivity index (χ4n) is 3.93. The molecule has 0 saturated heterocycles. The lowest BCUT2D eigenvalue weighted by Gasteiger charge is -2.25. The number of nitrogens with zero attached hydrogens (tertiary/aromatic N) is 4. The summed E-state index contributed by atoms with van der Waals surface area (Å²) in [4.78, 5) is 15.4. The van der Waals surface area contributed by atoms with E-state index in [1.165, 1.54) is 17.1 Å². The molecule has 0 aliphatic heterocycles. The molecule has 5 rings (SSSR count). The van der Waals surface area contributed by atoms with Gasteiger partial charge in [0.1, 0.15) is 12.4 Å². The highest BCUT2D eigenvalue weighted by Crippen LogP contribution is 2.30. The molecule has 7 heteroatoms. The van der Waals surface area contributed by atoms with Crippen molar-refractivity contribution in [2.75, 3.05) is 4.90 Å². The number of rotatable bonds is 8. The monoisotopic (exact) mass is 494 g/mol. The van der Waals surface area contributed by atoms with Gasteiger partial charge < -0.3 is 9.30 Å². The zero-order valence-electron chi connectivity index (χ0n) is 20.1. The summed E-state index contributed by atoms with van der Waals surface area (Å²) in [5.41, 5.74) is 1.65. The van der Waals surface area contributed by atoms with Crippen LogP contribution in [0, 0.1) is 0 Å². The van der Waals surface area contributed by atoms with E-state index in [4.69, 9.17) is 4.74 Å². The van der Waals surface area contributed by atoms with Crippen LogP contribution < -0.4 is 9.64 Å². The molecule has 0 saturated carbocycles. The van der Waals surface area contributed by atoms with Crippen molar-refractivity contribution in [3.63, 3.8) is 0 Å². The Labute approximate surface area is 214 Å². The summed E-state index contributed by atoms with van der Waals surface area (Å²) in [6, 6.07) is 33.5. The Kier molecular flexibility index (Phi) is 7.00. The molecule has 1 amide bonds. The first kappa shape index (κ1) is 23.6. The zero-order valence-corrected chi connectivity index (χ0v) is 20.9. The van der Waals surface area contributed by atoms with Gasteiger partial charge >= 0.3 is 0 Å². The second kappa shape index (κ2) is 10.7. The highest BCUT2D eigenvalue weighted by atomic mass is 32.2. The third kappa shape index (κ3) is 5.11. The smallest absolute Gasteiger partial charge is 0.244 e. The molecule has 36 heavy (non-hydrogen) atoms. The van der Waals surface area contributed by atoms with Crippen LogP contribution >= 0.6 is 11.8 Å². The molecule has 5 aromatic rings. The molecule has 0 fully saturated rings. The molecule has 180 valence electrons. The van der Waals surface area contributed by atoms with Crippen molar-refractivity contribution < 1.29 is 9.53 Å². The molecule has 6 nitrogen and oxygen atoms in total. The van der Waals surface area contributed by atoms with E-state index in [0.717, 1.165) is 22.5 Å². The van der Waals surface area contributed by atoms with Crippen LogP contribution in [0.2, 0.25) is 0 Å². The molecule has 1 atom stereocenters. The number of para-hydroxylation sites is 2. The maximum atomic E-state index is 13.6. The zero-order chi connectivity index (χ0) is 24.9. The number of ether oxygens (including phenoxy) is 1.